The van der Waals surface area contributed by atoms with Crippen LogP contribution in [0.25, 0.3) is 20.9 Å². The van der Waals surface area contributed by atoms with E-state index in [1.165, 1.54) is 4.57 Å². The molecule has 2 heterocycles. The predicted molar refractivity (Wildman–Crippen MR) is 89.4 cm³/mol. The highest BCUT2D eigenvalue weighted by atomic mass is 32.1. The minimum absolute atomic E-state index is 0.0191. The van der Waals surface area contributed by atoms with E-state index >= 15 is 0 Å². The zero-order chi connectivity index (χ0) is 14.5. The lowest BCUT2D eigenvalue weighted by Gasteiger charge is -2.04. The lowest BCUT2D eigenvalue weighted by Crippen LogP contribution is -2.30. The maximum absolute atomic E-state index is 8.81. The molecule has 2 rings (SSSR count). The van der Waals surface area contributed by atoms with E-state index in [1.54, 1.807) is 35.9 Å². The highest BCUT2D eigenvalue weighted by Gasteiger charge is 2.10. The molecule has 98 valence electrons. The monoisotopic (exact) mass is 315 g/mol. The van der Waals surface area contributed by atoms with Crippen molar-refractivity contribution >= 4 is 58.0 Å². The molecule has 0 bridgehead atoms. The average Bonchev–Trinajstić information content (AvgIpc) is 3.02. The van der Waals surface area contributed by atoms with Crippen LogP contribution >= 0.6 is 36.6 Å². The third kappa shape index (κ3) is 3.03. The summed E-state index contributed by atoms with van der Waals surface area (Å²) in [5.74, 6) is 1.84. The smallest absolute Gasteiger partial charge is 0.309 e. The highest BCUT2D eigenvalue weighted by molar-refractivity contribution is 7.96. The van der Waals surface area contributed by atoms with Crippen LogP contribution in [-0.4, -0.2) is 5.87 Å². The molecule has 0 aliphatic rings. The number of hydrogen-bond donors (Lipinski definition) is 2. The van der Waals surface area contributed by atoms with Crippen LogP contribution in [0.1, 0.15) is 10.4 Å². The fraction of sp³-hybridized carbons (Fsp3) is 0. The van der Waals surface area contributed by atoms with Gasteiger partial charge in [-0.2, -0.15) is 15.7 Å². The summed E-state index contributed by atoms with van der Waals surface area (Å²) in [5.41, 5.74) is 0.892. The van der Waals surface area contributed by atoms with Crippen molar-refractivity contribution in [2.24, 2.45) is 0 Å². The zero-order valence-electron chi connectivity index (χ0n) is 10.2. The fourth-order valence-electron chi connectivity index (χ4n) is 1.54. The predicted octanol–water partition coefficient (Wildman–Crippen LogP) is 3.32. The van der Waals surface area contributed by atoms with Gasteiger partial charge in [-0.25, -0.2) is 0 Å². The number of allylic oxidation sites excluding steroid dienone is 1. The van der Waals surface area contributed by atoms with Crippen molar-refractivity contribution in [2.45, 2.75) is 0 Å². The van der Waals surface area contributed by atoms with Crippen LogP contribution in [0.15, 0.2) is 42.0 Å². The van der Waals surface area contributed by atoms with E-state index in [2.05, 4.69) is 25.3 Å². The van der Waals surface area contributed by atoms with E-state index in [-0.39, 0.29) is 5.70 Å². The number of rotatable bonds is 3. The van der Waals surface area contributed by atoms with Gasteiger partial charge in [-0.05, 0) is 11.4 Å². The topological polar surface area (TPSA) is 50.0 Å². The van der Waals surface area contributed by atoms with Crippen LogP contribution in [-0.2, 0) is 0 Å². The van der Waals surface area contributed by atoms with Gasteiger partial charge in [0.1, 0.15) is 0 Å². The Balaban J connectivity index is 2.38. The maximum Gasteiger partial charge on any atom is 0.309 e. The van der Waals surface area contributed by atoms with Crippen molar-refractivity contribution in [1.82, 2.24) is 0 Å². The highest BCUT2D eigenvalue weighted by Crippen LogP contribution is 2.33. The van der Waals surface area contributed by atoms with Crippen LogP contribution < -0.4 is 4.57 Å². The molecule has 0 aromatic carbocycles. The van der Waals surface area contributed by atoms with Gasteiger partial charge >= 0.3 is 5.70 Å². The number of hydrogen-bond acceptors (Lipinski definition) is 4. The van der Waals surface area contributed by atoms with Gasteiger partial charge in [-0.15, -0.1) is 36.6 Å². The molecule has 0 atom stereocenters. The largest absolute Gasteiger partial charge is 0.757 e. The Labute approximate surface area is 131 Å². The van der Waals surface area contributed by atoms with Crippen LogP contribution in [0.5, 0.6) is 0 Å². The first kappa shape index (κ1) is 14.6. The van der Waals surface area contributed by atoms with Gasteiger partial charge in [0.05, 0.1) is 0 Å². The van der Waals surface area contributed by atoms with Crippen molar-refractivity contribution in [1.29, 1.82) is 5.26 Å². The summed E-state index contributed by atoms with van der Waals surface area (Å²) in [6.07, 6.45) is 3.31. The maximum atomic E-state index is 8.81. The molecule has 0 unspecified atom stereocenters. The van der Waals surface area contributed by atoms with Gasteiger partial charge < -0.3 is 5.41 Å². The van der Waals surface area contributed by atoms with E-state index in [0.29, 0.717) is 0 Å². The molecule has 0 spiro atoms. The molecule has 0 fully saturated rings. The fourth-order valence-corrected chi connectivity index (χ4v) is 2.92. The number of nitriles is 1. The van der Waals surface area contributed by atoms with Crippen LogP contribution in [0.3, 0.4) is 0 Å². The molecule has 0 N–H and O–H groups in total. The molecular formula is C14H9N3S3. The number of aromatic nitrogens is 1. The van der Waals surface area contributed by atoms with E-state index < -0.39 is 0 Å². The molecule has 0 radical (unpaired) electrons. The Morgan fingerprint density at radius 2 is 1.90 bits per heavy atom. The molecule has 0 amide bonds. The van der Waals surface area contributed by atoms with Gasteiger partial charge in [0.2, 0.25) is 0 Å². The molecular weight excluding hydrogens is 306 g/mol. The van der Waals surface area contributed by atoms with E-state index in [0.717, 1.165) is 20.3 Å². The molecule has 0 aliphatic heterocycles. The lowest BCUT2D eigenvalue weighted by molar-refractivity contribution is -0.576. The van der Waals surface area contributed by atoms with Crippen LogP contribution in [0, 0.1) is 11.3 Å². The Morgan fingerprint density at radius 1 is 1.20 bits per heavy atom. The molecule has 6 heteroatoms. The summed E-state index contributed by atoms with van der Waals surface area (Å²) in [6.45, 7) is 0. The summed E-state index contributed by atoms with van der Waals surface area (Å²) >= 11 is 10.6. The van der Waals surface area contributed by atoms with E-state index in [1.807, 2.05) is 29.5 Å². The van der Waals surface area contributed by atoms with Crippen LogP contribution in [0.4, 0.5) is 0 Å². The van der Waals surface area contributed by atoms with E-state index in [4.69, 9.17) is 10.7 Å². The first-order valence-corrected chi connectivity index (χ1v) is 7.30. The standard InChI is InChI=1S/C14H8N3S3/c15-8-11(9-16)17-5-3-10(4-6-17)13(18)14(19)12-2-1-7-20-12/h1-7,18H/q-1/p+1. The van der Waals surface area contributed by atoms with Crippen molar-refractivity contribution < 1.29 is 4.57 Å². The SMILES string of the molecule is N#CC(=C=[N-])[n+]1ccc(/C(S)=C(\S)c2cccs2)cc1. The van der Waals surface area contributed by atoms with Crippen molar-refractivity contribution in [3.63, 3.8) is 0 Å². The molecule has 2 aromatic heterocycles. The molecule has 0 saturated carbocycles. The van der Waals surface area contributed by atoms with Gasteiger partial charge in [-0.3, -0.25) is 0 Å². The van der Waals surface area contributed by atoms with Crippen molar-refractivity contribution in [3.05, 3.63) is 57.9 Å². The number of thiophene rings is 1. The number of pyridine rings is 1. The third-order valence-corrected chi connectivity index (χ3v) is 4.71. The summed E-state index contributed by atoms with van der Waals surface area (Å²) in [4.78, 5) is 2.58. The third-order valence-electron chi connectivity index (χ3n) is 2.55. The normalized spacial score (nSPS) is 11.2. The molecule has 2 aromatic rings. The van der Waals surface area contributed by atoms with Crippen molar-refractivity contribution in [3.8, 4) is 6.07 Å². The van der Waals surface area contributed by atoms with Crippen molar-refractivity contribution in [2.75, 3.05) is 0 Å². The summed E-state index contributed by atoms with van der Waals surface area (Å²) in [6, 6.07) is 9.35. The second-order valence-corrected chi connectivity index (χ2v) is 5.58. The number of nitrogens with zero attached hydrogens (tertiary/aromatic N) is 3. The first-order chi connectivity index (χ1) is 9.67. The average molecular weight is 315 g/mol. The molecule has 0 aliphatic carbocycles. The molecule has 20 heavy (non-hydrogen) atoms. The van der Waals surface area contributed by atoms with Gasteiger partial charge in [0.25, 0.3) is 0 Å². The van der Waals surface area contributed by atoms with Crippen LogP contribution in [0.2, 0.25) is 0 Å². The molecule has 3 nitrogen and oxygen atoms in total. The second-order valence-electron chi connectivity index (χ2n) is 3.74. The quantitative estimate of drug-likeness (QED) is 0.388. The minimum Gasteiger partial charge on any atom is -0.757 e. The minimum atomic E-state index is 0.0191. The van der Waals surface area contributed by atoms with Gasteiger partial charge in [0.15, 0.2) is 18.5 Å². The van der Waals surface area contributed by atoms with E-state index in [9.17, 15) is 0 Å². The first-order valence-electron chi connectivity index (χ1n) is 5.52. The summed E-state index contributed by atoms with van der Waals surface area (Å²) in [5, 5.41) is 19.6. The van der Waals surface area contributed by atoms with Gasteiger partial charge in [0, 0.05) is 32.4 Å². The number of thiol groups is 2. The summed E-state index contributed by atoms with van der Waals surface area (Å²) in [7, 11) is 0. The summed E-state index contributed by atoms with van der Waals surface area (Å²) < 4.78 is 1.47. The Hall–Kier alpha value is -1.77. The zero-order valence-corrected chi connectivity index (χ0v) is 12.8. The Bertz CT molecular complexity index is 731. The Morgan fingerprint density at radius 3 is 2.40 bits per heavy atom. The van der Waals surface area contributed by atoms with Gasteiger partial charge in [-0.1, -0.05) is 6.07 Å². The lowest BCUT2D eigenvalue weighted by atomic mass is 10.2. The Kier molecular flexibility index (Phi) is 4.83. The molecule has 0 saturated heterocycles. The second kappa shape index (κ2) is 6.60.